The van der Waals surface area contributed by atoms with Crippen LogP contribution in [0.15, 0.2) is 41.3 Å². The summed E-state index contributed by atoms with van der Waals surface area (Å²) in [5.74, 6) is -1.29. The number of carboxylic acid groups (broad SMARTS) is 1. The number of rotatable bonds is 4. The molecular weight excluding hydrogens is 361 g/mol. The number of sulfonamides is 1. The lowest BCUT2D eigenvalue weighted by Gasteiger charge is -2.21. The van der Waals surface area contributed by atoms with E-state index in [4.69, 9.17) is 28.3 Å². The van der Waals surface area contributed by atoms with Crippen LogP contribution >= 0.6 is 23.2 Å². The van der Waals surface area contributed by atoms with Crippen molar-refractivity contribution in [2.24, 2.45) is 0 Å². The molecule has 0 aliphatic carbocycles. The van der Waals surface area contributed by atoms with Crippen LogP contribution in [0.5, 0.6) is 0 Å². The lowest BCUT2D eigenvalue weighted by Crippen LogP contribution is -2.27. The first-order valence-corrected chi connectivity index (χ1v) is 8.62. The van der Waals surface area contributed by atoms with E-state index in [1.54, 1.807) is 12.1 Å². The fourth-order valence-corrected chi connectivity index (χ4v) is 3.74. The highest BCUT2D eigenvalue weighted by Crippen LogP contribution is 2.35. The smallest absolute Gasteiger partial charge is 0.337 e. The van der Waals surface area contributed by atoms with Crippen molar-refractivity contribution in [1.29, 1.82) is 0 Å². The second kappa shape index (κ2) is 6.39. The van der Waals surface area contributed by atoms with Gasteiger partial charge < -0.3 is 5.11 Å². The normalized spacial score (nSPS) is 11.3. The van der Waals surface area contributed by atoms with Gasteiger partial charge in [-0.05, 0) is 31.2 Å². The van der Waals surface area contributed by atoms with Crippen LogP contribution in [0.1, 0.15) is 15.9 Å². The summed E-state index contributed by atoms with van der Waals surface area (Å²) in [6, 6.07) is 8.76. The van der Waals surface area contributed by atoms with Crippen LogP contribution in [-0.4, -0.2) is 26.5 Å². The van der Waals surface area contributed by atoms with Crippen molar-refractivity contribution in [3.63, 3.8) is 0 Å². The fourth-order valence-electron chi connectivity index (χ4n) is 1.96. The number of aryl methyl sites for hydroxylation is 1. The molecule has 0 aromatic heterocycles. The molecule has 0 heterocycles. The monoisotopic (exact) mass is 373 g/mol. The molecule has 2 aromatic carbocycles. The Labute approximate surface area is 144 Å². The predicted molar refractivity (Wildman–Crippen MR) is 90.2 cm³/mol. The maximum Gasteiger partial charge on any atom is 0.337 e. The standard InChI is InChI=1S/C15H13Cl2NO4S/c1-9-3-5-11(6-4-9)23(21,22)18(2)13-8-10(16)7-12(14(13)17)15(19)20/h3-8H,1-2H3,(H,19,20). The average molecular weight is 374 g/mol. The highest BCUT2D eigenvalue weighted by molar-refractivity contribution is 7.92. The van der Waals surface area contributed by atoms with Crippen molar-refractivity contribution in [1.82, 2.24) is 0 Å². The Morgan fingerprint density at radius 2 is 1.70 bits per heavy atom. The number of nitrogens with zero attached hydrogens (tertiary/aromatic N) is 1. The van der Waals surface area contributed by atoms with Crippen molar-refractivity contribution < 1.29 is 18.3 Å². The molecule has 0 aliphatic heterocycles. The van der Waals surface area contributed by atoms with Crippen LogP contribution < -0.4 is 4.31 Å². The van der Waals surface area contributed by atoms with Crippen LogP contribution in [0.4, 0.5) is 5.69 Å². The minimum absolute atomic E-state index is 0.00265. The second-order valence-electron chi connectivity index (χ2n) is 4.88. The summed E-state index contributed by atoms with van der Waals surface area (Å²) in [4.78, 5) is 11.3. The number of hydrogen-bond acceptors (Lipinski definition) is 3. The van der Waals surface area contributed by atoms with E-state index >= 15 is 0 Å². The maximum atomic E-state index is 12.7. The van der Waals surface area contributed by atoms with Gasteiger partial charge >= 0.3 is 5.97 Å². The fraction of sp³-hybridized carbons (Fsp3) is 0.133. The lowest BCUT2D eigenvalue weighted by atomic mass is 10.2. The van der Waals surface area contributed by atoms with Gasteiger partial charge in [-0.1, -0.05) is 40.9 Å². The zero-order valence-electron chi connectivity index (χ0n) is 12.2. The Morgan fingerprint density at radius 1 is 1.13 bits per heavy atom. The molecule has 23 heavy (non-hydrogen) atoms. The molecule has 5 nitrogen and oxygen atoms in total. The second-order valence-corrected chi connectivity index (χ2v) is 7.66. The minimum atomic E-state index is -3.89. The Bertz CT molecular complexity index is 864. The highest BCUT2D eigenvalue weighted by Gasteiger charge is 2.25. The summed E-state index contributed by atoms with van der Waals surface area (Å²) in [6.45, 7) is 1.84. The first-order chi connectivity index (χ1) is 10.6. The third kappa shape index (κ3) is 3.44. The van der Waals surface area contributed by atoms with Crippen molar-refractivity contribution in [2.45, 2.75) is 11.8 Å². The number of hydrogen-bond donors (Lipinski definition) is 1. The van der Waals surface area contributed by atoms with Crippen molar-refractivity contribution >= 4 is 44.9 Å². The van der Waals surface area contributed by atoms with E-state index < -0.39 is 16.0 Å². The van der Waals surface area contributed by atoms with Crippen molar-refractivity contribution in [3.05, 3.63) is 57.6 Å². The number of aromatic carboxylic acids is 1. The molecule has 0 unspecified atom stereocenters. The molecule has 0 saturated carbocycles. The predicted octanol–water partition coefficient (Wildman–Crippen LogP) is 3.83. The molecule has 0 saturated heterocycles. The third-order valence-electron chi connectivity index (χ3n) is 3.27. The first kappa shape index (κ1) is 17.6. The lowest BCUT2D eigenvalue weighted by molar-refractivity contribution is 0.0697. The minimum Gasteiger partial charge on any atom is -0.478 e. The summed E-state index contributed by atoms with van der Waals surface area (Å²) in [5, 5.41) is 9.02. The molecular formula is C15H13Cl2NO4S. The van der Waals surface area contributed by atoms with Gasteiger partial charge in [0.25, 0.3) is 10.0 Å². The summed E-state index contributed by atoms with van der Waals surface area (Å²) < 4.78 is 26.2. The van der Waals surface area contributed by atoms with Gasteiger partial charge in [0.15, 0.2) is 0 Å². The van der Waals surface area contributed by atoms with Gasteiger partial charge in [-0.15, -0.1) is 0 Å². The Kier molecular flexibility index (Phi) is 4.89. The average Bonchev–Trinajstić information content (AvgIpc) is 2.48. The SMILES string of the molecule is Cc1ccc(S(=O)(=O)N(C)c2cc(Cl)cc(C(=O)O)c2Cl)cc1. The molecule has 0 aliphatic rings. The van der Waals surface area contributed by atoms with E-state index in [0.29, 0.717) is 0 Å². The molecule has 2 aromatic rings. The summed E-state index contributed by atoms with van der Waals surface area (Å²) in [5.41, 5.74) is 0.651. The van der Waals surface area contributed by atoms with E-state index in [9.17, 15) is 13.2 Å². The van der Waals surface area contributed by atoms with Crippen LogP contribution in [0.2, 0.25) is 10.0 Å². The van der Waals surface area contributed by atoms with Crippen molar-refractivity contribution in [3.8, 4) is 0 Å². The van der Waals surface area contributed by atoms with E-state index in [0.717, 1.165) is 9.87 Å². The van der Waals surface area contributed by atoms with Gasteiger partial charge in [-0.25, -0.2) is 13.2 Å². The van der Waals surface area contributed by atoms with Crippen LogP contribution in [0, 0.1) is 6.92 Å². The first-order valence-electron chi connectivity index (χ1n) is 6.42. The van der Waals surface area contributed by atoms with E-state index in [2.05, 4.69) is 0 Å². The van der Waals surface area contributed by atoms with Gasteiger partial charge in [0.05, 0.1) is 21.2 Å². The zero-order chi connectivity index (χ0) is 17.4. The number of anilines is 1. The van der Waals surface area contributed by atoms with Gasteiger partial charge in [0.1, 0.15) is 0 Å². The Balaban J connectivity index is 2.58. The van der Waals surface area contributed by atoms with E-state index in [1.165, 1.54) is 31.3 Å². The topological polar surface area (TPSA) is 74.7 Å². The number of carboxylic acids is 1. The van der Waals surface area contributed by atoms with Gasteiger partial charge in [0, 0.05) is 12.1 Å². The molecule has 0 radical (unpaired) electrons. The number of halogens is 2. The van der Waals surface area contributed by atoms with Crippen LogP contribution in [0.3, 0.4) is 0 Å². The molecule has 0 bridgehead atoms. The van der Waals surface area contributed by atoms with Gasteiger partial charge in [-0.3, -0.25) is 4.31 Å². The van der Waals surface area contributed by atoms with Gasteiger partial charge in [-0.2, -0.15) is 0 Å². The third-order valence-corrected chi connectivity index (χ3v) is 5.67. The quantitative estimate of drug-likeness (QED) is 0.883. The van der Waals surface area contributed by atoms with Gasteiger partial charge in [0.2, 0.25) is 0 Å². The summed E-state index contributed by atoms with van der Waals surface area (Å²) in [7, 11) is -2.60. The molecule has 0 atom stereocenters. The van der Waals surface area contributed by atoms with Crippen LogP contribution in [-0.2, 0) is 10.0 Å². The Morgan fingerprint density at radius 3 is 2.22 bits per heavy atom. The molecule has 0 fully saturated rings. The summed E-state index contributed by atoms with van der Waals surface area (Å²) >= 11 is 11.9. The van der Waals surface area contributed by atoms with E-state index in [1.807, 2.05) is 6.92 Å². The molecule has 8 heteroatoms. The Hall–Kier alpha value is -1.76. The number of carbonyl (C=O) groups is 1. The molecule has 2 rings (SSSR count). The molecule has 122 valence electrons. The van der Waals surface area contributed by atoms with Crippen LogP contribution in [0.25, 0.3) is 0 Å². The summed E-state index contributed by atoms with van der Waals surface area (Å²) in [6.07, 6.45) is 0. The van der Waals surface area contributed by atoms with E-state index in [-0.39, 0.29) is 26.2 Å². The molecule has 0 amide bonds. The maximum absolute atomic E-state index is 12.7. The number of benzene rings is 2. The molecule has 1 N–H and O–H groups in total. The zero-order valence-corrected chi connectivity index (χ0v) is 14.6. The van der Waals surface area contributed by atoms with Crippen molar-refractivity contribution in [2.75, 3.05) is 11.4 Å². The highest BCUT2D eigenvalue weighted by atomic mass is 35.5. The largest absolute Gasteiger partial charge is 0.478 e. The molecule has 0 spiro atoms.